The highest BCUT2D eigenvalue weighted by molar-refractivity contribution is 5.17. The zero-order valence-electron chi connectivity index (χ0n) is 8.89. The molecule has 0 saturated carbocycles. The Hall–Kier alpha value is -1.82. The van der Waals surface area contributed by atoms with Crippen LogP contribution in [0.3, 0.4) is 0 Å². The van der Waals surface area contributed by atoms with Gasteiger partial charge in [-0.15, -0.1) is 5.10 Å². The van der Waals surface area contributed by atoms with E-state index >= 15 is 0 Å². The van der Waals surface area contributed by atoms with Crippen molar-refractivity contribution < 1.29 is 4.39 Å². The molecule has 0 atom stereocenters. The number of tetrazole rings is 1. The van der Waals surface area contributed by atoms with Crippen LogP contribution in [0.25, 0.3) is 0 Å². The summed E-state index contributed by atoms with van der Waals surface area (Å²) >= 11 is 0. The maximum atomic E-state index is 13.4. The van der Waals surface area contributed by atoms with Gasteiger partial charge in [-0.1, -0.05) is 18.2 Å². The minimum absolute atomic E-state index is 0.242. The van der Waals surface area contributed by atoms with Crippen molar-refractivity contribution in [3.63, 3.8) is 0 Å². The Labute approximate surface area is 92.3 Å². The van der Waals surface area contributed by atoms with Crippen LogP contribution in [0.1, 0.15) is 11.4 Å². The van der Waals surface area contributed by atoms with Crippen LogP contribution in [0.15, 0.2) is 24.3 Å². The minimum Gasteiger partial charge on any atom is -0.313 e. The van der Waals surface area contributed by atoms with Crippen LogP contribution in [0.4, 0.5) is 4.39 Å². The largest absolute Gasteiger partial charge is 0.313 e. The Morgan fingerprint density at radius 1 is 1.38 bits per heavy atom. The lowest BCUT2D eigenvalue weighted by atomic mass is 10.2. The molecule has 0 aliphatic heterocycles. The van der Waals surface area contributed by atoms with Gasteiger partial charge in [-0.05, 0) is 23.5 Å². The predicted octanol–water partition coefficient (Wildman–Crippen LogP) is 0.580. The number of nitrogens with one attached hydrogen (secondary N) is 1. The highest BCUT2D eigenvalue weighted by Gasteiger charge is 2.07. The first-order chi connectivity index (χ1) is 7.81. The van der Waals surface area contributed by atoms with Gasteiger partial charge in [0.05, 0.1) is 13.1 Å². The van der Waals surface area contributed by atoms with Gasteiger partial charge in [0, 0.05) is 5.56 Å². The van der Waals surface area contributed by atoms with E-state index in [9.17, 15) is 4.39 Å². The van der Waals surface area contributed by atoms with Crippen molar-refractivity contribution in [3.8, 4) is 0 Å². The van der Waals surface area contributed by atoms with E-state index in [2.05, 4.69) is 20.8 Å². The average molecular weight is 221 g/mol. The molecular formula is C10H12FN5. The topological polar surface area (TPSA) is 55.6 Å². The lowest BCUT2D eigenvalue weighted by Gasteiger charge is -2.05. The zero-order chi connectivity index (χ0) is 11.4. The molecule has 1 N–H and O–H groups in total. The maximum Gasteiger partial charge on any atom is 0.165 e. The van der Waals surface area contributed by atoms with Crippen molar-refractivity contribution >= 4 is 0 Å². The summed E-state index contributed by atoms with van der Waals surface area (Å²) in [5.74, 6) is 0.444. The van der Waals surface area contributed by atoms with Gasteiger partial charge in [-0.2, -0.15) is 0 Å². The molecule has 0 saturated heterocycles. The van der Waals surface area contributed by atoms with Crippen LogP contribution in [0.2, 0.25) is 0 Å². The molecule has 1 aromatic carbocycles. The van der Waals surface area contributed by atoms with E-state index in [1.165, 1.54) is 6.07 Å². The van der Waals surface area contributed by atoms with Gasteiger partial charge in [0.1, 0.15) is 5.82 Å². The molecular weight excluding hydrogens is 209 g/mol. The standard InChI is InChI=1S/C10H12FN5/c1-12-6-10-13-14-15-16(10)7-8-4-2-3-5-9(8)11/h2-5,12H,6-7H2,1H3. The van der Waals surface area contributed by atoms with E-state index in [1.807, 2.05) is 7.05 Å². The molecule has 0 aliphatic carbocycles. The van der Waals surface area contributed by atoms with Gasteiger partial charge in [-0.3, -0.25) is 0 Å². The Kier molecular flexibility index (Phi) is 3.21. The normalized spacial score (nSPS) is 10.6. The van der Waals surface area contributed by atoms with E-state index in [0.29, 0.717) is 24.5 Å². The fraction of sp³-hybridized carbons (Fsp3) is 0.300. The van der Waals surface area contributed by atoms with E-state index in [-0.39, 0.29) is 5.82 Å². The first kappa shape index (κ1) is 10.7. The number of benzene rings is 1. The van der Waals surface area contributed by atoms with Gasteiger partial charge >= 0.3 is 0 Å². The van der Waals surface area contributed by atoms with Crippen molar-refractivity contribution in [3.05, 3.63) is 41.5 Å². The van der Waals surface area contributed by atoms with Crippen LogP contribution in [-0.2, 0) is 13.1 Å². The zero-order valence-corrected chi connectivity index (χ0v) is 8.89. The summed E-state index contributed by atoms with van der Waals surface area (Å²) in [6, 6.07) is 6.60. The van der Waals surface area contributed by atoms with Gasteiger partial charge in [0.25, 0.3) is 0 Å². The molecule has 1 heterocycles. The fourth-order valence-corrected chi connectivity index (χ4v) is 1.42. The molecule has 0 bridgehead atoms. The Morgan fingerprint density at radius 3 is 2.94 bits per heavy atom. The summed E-state index contributed by atoms with van der Waals surface area (Å²) in [5, 5.41) is 14.2. The molecule has 0 spiro atoms. The van der Waals surface area contributed by atoms with Crippen molar-refractivity contribution in [2.75, 3.05) is 7.05 Å². The molecule has 2 rings (SSSR count). The van der Waals surface area contributed by atoms with Crippen LogP contribution in [0, 0.1) is 5.82 Å². The SMILES string of the molecule is CNCc1nnnn1Cc1ccccc1F. The second-order valence-electron chi connectivity index (χ2n) is 3.37. The minimum atomic E-state index is -0.242. The van der Waals surface area contributed by atoms with Crippen molar-refractivity contribution in [2.45, 2.75) is 13.1 Å². The van der Waals surface area contributed by atoms with Crippen molar-refractivity contribution in [1.29, 1.82) is 0 Å². The molecule has 0 aliphatic rings. The van der Waals surface area contributed by atoms with E-state index in [0.717, 1.165) is 0 Å². The number of aromatic nitrogens is 4. The smallest absolute Gasteiger partial charge is 0.165 e. The van der Waals surface area contributed by atoms with Gasteiger partial charge < -0.3 is 5.32 Å². The number of nitrogens with zero attached hydrogens (tertiary/aromatic N) is 4. The first-order valence-corrected chi connectivity index (χ1v) is 4.94. The summed E-state index contributed by atoms with van der Waals surface area (Å²) in [6.07, 6.45) is 0. The third-order valence-corrected chi connectivity index (χ3v) is 2.22. The molecule has 84 valence electrons. The molecule has 16 heavy (non-hydrogen) atoms. The number of hydrogen-bond acceptors (Lipinski definition) is 4. The lowest BCUT2D eigenvalue weighted by molar-refractivity contribution is 0.559. The van der Waals surface area contributed by atoms with Crippen molar-refractivity contribution in [1.82, 2.24) is 25.5 Å². The van der Waals surface area contributed by atoms with Crippen LogP contribution in [-0.4, -0.2) is 27.3 Å². The monoisotopic (exact) mass is 221 g/mol. The summed E-state index contributed by atoms with van der Waals surface area (Å²) in [7, 11) is 1.81. The molecule has 2 aromatic rings. The number of rotatable bonds is 4. The third kappa shape index (κ3) is 2.22. The molecule has 0 radical (unpaired) electrons. The summed E-state index contributed by atoms with van der Waals surface area (Å²) < 4.78 is 15.0. The van der Waals surface area contributed by atoms with Crippen LogP contribution >= 0.6 is 0 Å². The first-order valence-electron chi connectivity index (χ1n) is 4.94. The Bertz CT molecular complexity index is 468. The lowest BCUT2D eigenvalue weighted by Crippen LogP contribution is -2.14. The van der Waals surface area contributed by atoms with Gasteiger partial charge in [0.2, 0.25) is 0 Å². The number of halogens is 1. The van der Waals surface area contributed by atoms with Crippen LogP contribution < -0.4 is 5.32 Å². The predicted molar refractivity (Wildman–Crippen MR) is 56.1 cm³/mol. The maximum absolute atomic E-state index is 13.4. The van der Waals surface area contributed by atoms with Crippen LogP contribution in [0.5, 0.6) is 0 Å². The number of hydrogen-bond donors (Lipinski definition) is 1. The van der Waals surface area contributed by atoms with Crippen molar-refractivity contribution in [2.24, 2.45) is 0 Å². The van der Waals surface area contributed by atoms with Gasteiger partial charge in [-0.25, -0.2) is 9.07 Å². The summed E-state index contributed by atoms with van der Waals surface area (Å²) in [5.41, 5.74) is 0.576. The molecule has 0 amide bonds. The summed E-state index contributed by atoms with van der Waals surface area (Å²) in [4.78, 5) is 0. The third-order valence-electron chi connectivity index (χ3n) is 2.22. The van der Waals surface area contributed by atoms with E-state index < -0.39 is 0 Å². The molecule has 5 nitrogen and oxygen atoms in total. The van der Waals surface area contributed by atoms with E-state index in [1.54, 1.807) is 22.9 Å². The highest BCUT2D eigenvalue weighted by atomic mass is 19.1. The highest BCUT2D eigenvalue weighted by Crippen LogP contribution is 2.08. The Balaban J connectivity index is 2.20. The van der Waals surface area contributed by atoms with E-state index in [4.69, 9.17) is 0 Å². The quantitative estimate of drug-likeness (QED) is 0.820. The average Bonchev–Trinajstić information content (AvgIpc) is 2.70. The summed E-state index contributed by atoms with van der Waals surface area (Å²) in [6.45, 7) is 0.901. The molecule has 6 heteroatoms. The van der Waals surface area contributed by atoms with Gasteiger partial charge in [0.15, 0.2) is 5.82 Å². The Morgan fingerprint density at radius 2 is 2.19 bits per heavy atom. The molecule has 0 unspecified atom stereocenters. The second-order valence-corrected chi connectivity index (χ2v) is 3.37. The fourth-order valence-electron chi connectivity index (χ4n) is 1.42. The molecule has 1 aromatic heterocycles. The second kappa shape index (κ2) is 4.80. The molecule has 0 fully saturated rings.